The molecule has 0 spiro atoms. The van der Waals surface area contributed by atoms with E-state index in [1.54, 1.807) is 6.26 Å². The topological polar surface area (TPSA) is 42.2 Å². The molecule has 1 aromatic carbocycles. The van der Waals surface area contributed by atoms with Crippen LogP contribution in [0.4, 0.5) is 0 Å². The van der Waals surface area contributed by atoms with E-state index in [1.807, 2.05) is 36.4 Å². The molecule has 0 fully saturated rings. The number of halogens is 1. The number of furan rings is 1. The van der Waals surface area contributed by atoms with Crippen molar-refractivity contribution >= 4 is 17.5 Å². The number of nitrogens with one attached hydrogen (secondary N) is 1. The summed E-state index contributed by atoms with van der Waals surface area (Å²) in [7, 11) is 0. The van der Waals surface area contributed by atoms with Crippen molar-refractivity contribution in [3.63, 3.8) is 0 Å². The summed E-state index contributed by atoms with van der Waals surface area (Å²) in [5.41, 5.74) is 1.07. The Hall–Kier alpha value is -1.74. The molecule has 21 heavy (non-hydrogen) atoms. The minimum atomic E-state index is -0.00799. The maximum Gasteiger partial charge on any atom is 0.220 e. The van der Waals surface area contributed by atoms with Crippen LogP contribution in [0.2, 0.25) is 5.02 Å². The van der Waals surface area contributed by atoms with Crippen LogP contribution in [0.25, 0.3) is 0 Å². The predicted molar refractivity (Wildman–Crippen MR) is 84.2 cm³/mol. The van der Waals surface area contributed by atoms with Crippen LogP contribution in [0.5, 0.6) is 0 Å². The zero-order valence-electron chi connectivity index (χ0n) is 12.3. The Morgan fingerprint density at radius 3 is 2.52 bits per heavy atom. The van der Waals surface area contributed by atoms with E-state index in [-0.39, 0.29) is 11.9 Å². The van der Waals surface area contributed by atoms with Crippen LogP contribution < -0.4 is 5.32 Å². The second-order valence-corrected chi connectivity index (χ2v) is 5.86. The van der Waals surface area contributed by atoms with Gasteiger partial charge >= 0.3 is 0 Å². The number of hydrogen-bond acceptors (Lipinski definition) is 2. The molecule has 0 aliphatic carbocycles. The van der Waals surface area contributed by atoms with Crippen LogP contribution >= 0.6 is 11.6 Å². The SMILES string of the molecule is CC(C)[C@@H](NC(=O)CCc1ccco1)c1ccc(Cl)cc1. The lowest BCUT2D eigenvalue weighted by Gasteiger charge is -2.23. The average Bonchev–Trinajstić information content (AvgIpc) is 2.97. The average molecular weight is 306 g/mol. The molecule has 0 aliphatic rings. The van der Waals surface area contributed by atoms with Crippen LogP contribution in [-0.2, 0) is 11.2 Å². The molecule has 4 heteroatoms. The first kappa shape index (κ1) is 15.6. The lowest BCUT2D eigenvalue weighted by molar-refractivity contribution is -0.122. The standard InChI is InChI=1S/C17H20ClNO2/c1-12(2)17(13-5-7-14(18)8-6-13)19-16(20)10-9-15-4-3-11-21-15/h3-8,11-12,17H,9-10H2,1-2H3,(H,19,20)/t17-/m1/s1. The molecule has 0 unspecified atom stereocenters. The van der Waals surface area contributed by atoms with Gasteiger partial charge in [0.05, 0.1) is 12.3 Å². The molecule has 0 saturated carbocycles. The summed E-state index contributed by atoms with van der Waals surface area (Å²) < 4.78 is 5.24. The van der Waals surface area contributed by atoms with Gasteiger partial charge in [-0.3, -0.25) is 4.79 Å². The molecule has 0 aliphatic heterocycles. The Morgan fingerprint density at radius 1 is 1.24 bits per heavy atom. The molecule has 0 radical (unpaired) electrons. The van der Waals surface area contributed by atoms with Gasteiger partial charge in [-0.05, 0) is 35.7 Å². The van der Waals surface area contributed by atoms with Crippen molar-refractivity contribution in [2.24, 2.45) is 5.92 Å². The lowest BCUT2D eigenvalue weighted by Crippen LogP contribution is -2.31. The van der Waals surface area contributed by atoms with Crippen LogP contribution in [0, 0.1) is 5.92 Å². The van der Waals surface area contributed by atoms with Crippen molar-refractivity contribution in [1.82, 2.24) is 5.32 Å². The van der Waals surface area contributed by atoms with Gasteiger partial charge < -0.3 is 9.73 Å². The van der Waals surface area contributed by atoms with Gasteiger partial charge in [-0.1, -0.05) is 37.6 Å². The first-order valence-electron chi connectivity index (χ1n) is 7.13. The summed E-state index contributed by atoms with van der Waals surface area (Å²) in [5.74, 6) is 1.16. The highest BCUT2D eigenvalue weighted by Crippen LogP contribution is 2.23. The molecule has 1 aromatic heterocycles. The van der Waals surface area contributed by atoms with Gasteiger partial charge in [0, 0.05) is 17.9 Å². The van der Waals surface area contributed by atoms with Crippen molar-refractivity contribution in [3.05, 3.63) is 59.0 Å². The van der Waals surface area contributed by atoms with E-state index in [2.05, 4.69) is 19.2 Å². The Morgan fingerprint density at radius 2 is 1.95 bits per heavy atom. The number of carbonyl (C=O) groups excluding carboxylic acids is 1. The monoisotopic (exact) mass is 305 g/mol. The summed E-state index contributed by atoms with van der Waals surface area (Å²) >= 11 is 5.91. The van der Waals surface area contributed by atoms with E-state index < -0.39 is 0 Å². The number of rotatable bonds is 6. The zero-order chi connectivity index (χ0) is 15.2. The van der Waals surface area contributed by atoms with Crippen molar-refractivity contribution < 1.29 is 9.21 Å². The molecule has 1 heterocycles. The lowest BCUT2D eigenvalue weighted by atomic mass is 9.96. The van der Waals surface area contributed by atoms with Gasteiger partial charge in [0.1, 0.15) is 5.76 Å². The highest BCUT2D eigenvalue weighted by molar-refractivity contribution is 6.30. The van der Waals surface area contributed by atoms with E-state index >= 15 is 0 Å². The Bertz CT molecular complexity index is 561. The fraction of sp³-hybridized carbons (Fsp3) is 0.353. The Kier molecular flexibility index (Phi) is 5.45. The number of amides is 1. The largest absolute Gasteiger partial charge is 0.469 e. The summed E-state index contributed by atoms with van der Waals surface area (Å²) in [6, 6.07) is 11.3. The maximum atomic E-state index is 12.1. The molecule has 0 bridgehead atoms. The Balaban J connectivity index is 1.96. The number of hydrogen-bond donors (Lipinski definition) is 1. The summed E-state index contributed by atoms with van der Waals surface area (Å²) in [6.45, 7) is 4.18. The van der Waals surface area contributed by atoms with Gasteiger partial charge in [-0.25, -0.2) is 0 Å². The van der Waals surface area contributed by atoms with Crippen molar-refractivity contribution in [1.29, 1.82) is 0 Å². The second kappa shape index (κ2) is 7.32. The van der Waals surface area contributed by atoms with Crippen LogP contribution in [0.3, 0.4) is 0 Å². The van der Waals surface area contributed by atoms with Crippen molar-refractivity contribution in [2.75, 3.05) is 0 Å². The van der Waals surface area contributed by atoms with Crippen LogP contribution in [0.1, 0.15) is 37.6 Å². The highest BCUT2D eigenvalue weighted by atomic mass is 35.5. The summed E-state index contributed by atoms with van der Waals surface area (Å²) in [4.78, 5) is 12.1. The molecule has 1 atom stereocenters. The Labute approximate surface area is 130 Å². The molecule has 112 valence electrons. The van der Waals surface area contributed by atoms with E-state index in [1.165, 1.54) is 0 Å². The van der Waals surface area contributed by atoms with Crippen molar-refractivity contribution in [3.8, 4) is 0 Å². The summed E-state index contributed by atoms with van der Waals surface area (Å²) in [5, 5.41) is 3.79. The minimum Gasteiger partial charge on any atom is -0.469 e. The quantitative estimate of drug-likeness (QED) is 0.860. The van der Waals surface area contributed by atoms with Gasteiger partial charge in [0.15, 0.2) is 0 Å². The van der Waals surface area contributed by atoms with Gasteiger partial charge in [0.2, 0.25) is 5.91 Å². The van der Waals surface area contributed by atoms with Crippen LogP contribution in [-0.4, -0.2) is 5.91 Å². The first-order valence-corrected chi connectivity index (χ1v) is 7.51. The number of benzene rings is 1. The van der Waals surface area contributed by atoms with Crippen molar-refractivity contribution in [2.45, 2.75) is 32.7 Å². The van der Waals surface area contributed by atoms with Gasteiger partial charge in [-0.2, -0.15) is 0 Å². The molecule has 2 aromatic rings. The van der Waals surface area contributed by atoms with E-state index in [0.717, 1.165) is 11.3 Å². The fourth-order valence-corrected chi connectivity index (χ4v) is 2.37. The third-order valence-corrected chi connectivity index (χ3v) is 3.64. The minimum absolute atomic E-state index is 0.00799. The molecular weight excluding hydrogens is 286 g/mol. The van der Waals surface area contributed by atoms with Gasteiger partial charge in [0.25, 0.3) is 0 Å². The molecular formula is C17H20ClNO2. The number of carbonyl (C=O) groups is 1. The maximum absolute atomic E-state index is 12.1. The molecule has 1 amide bonds. The smallest absolute Gasteiger partial charge is 0.220 e. The molecule has 2 rings (SSSR count). The highest BCUT2D eigenvalue weighted by Gasteiger charge is 2.18. The third kappa shape index (κ3) is 4.64. The number of aryl methyl sites for hydroxylation is 1. The normalized spacial score (nSPS) is 12.4. The molecule has 1 N–H and O–H groups in total. The molecule has 3 nitrogen and oxygen atoms in total. The summed E-state index contributed by atoms with van der Waals surface area (Å²) in [6.07, 6.45) is 2.66. The molecule has 0 saturated heterocycles. The van der Waals surface area contributed by atoms with E-state index in [9.17, 15) is 4.79 Å². The third-order valence-electron chi connectivity index (χ3n) is 3.39. The second-order valence-electron chi connectivity index (χ2n) is 5.42. The fourth-order valence-electron chi connectivity index (χ4n) is 2.24. The van der Waals surface area contributed by atoms with E-state index in [0.29, 0.717) is 23.8 Å². The predicted octanol–water partition coefficient (Wildman–Crippen LogP) is 4.38. The van der Waals surface area contributed by atoms with E-state index in [4.69, 9.17) is 16.0 Å². The first-order chi connectivity index (χ1) is 10.1. The zero-order valence-corrected chi connectivity index (χ0v) is 13.1. The van der Waals surface area contributed by atoms with Crippen LogP contribution in [0.15, 0.2) is 47.1 Å². The van der Waals surface area contributed by atoms with Gasteiger partial charge in [-0.15, -0.1) is 0 Å².